The number of urea groups is 1. The van der Waals surface area contributed by atoms with Crippen LogP contribution in [0, 0.1) is 5.92 Å². The highest BCUT2D eigenvalue weighted by Gasteiger charge is 2.19. The highest BCUT2D eigenvalue weighted by Crippen LogP contribution is 2.18. The van der Waals surface area contributed by atoms with E-state index in [1.54, 1.807) is 17.4 Å². The molecule has 3 amide bonds. The van der Waals surface area contributed by atoms with Gasteiger partial charge in [-0.1, -0.05) is 39.8 Å². The zero-order valence-electron chi connectivity index (χ0n) is 19.3. The molecule has 0 aliphatic rings. The fourth-order valence-corrected chi connectivity index (χ4v) is 3.50. The van der Waals surface area contributed by atoms with Crippen molar-refractivity contribution in [2.75, 3.05) is 25.6 Å². The maximum Gasteiger partial charge on any atom is 0.322 e. The van der Waals surface area contributed by atoms with E-state index >= 15 is 0 Å². The number of hydrogen-bond acceptors (Lipinski definition) is 5. The summed E-state index contributed by atoms with van der Waals surface area (Å²) < 4.78 is 5.16. The number of methoxy groups -OCH3 is 1. The third-order valence-electron chi connectivity index (χ3n) is 5.15. The Morgan fingerprint density at radius 3 is 2.39 bits per heavy atom. The number of amides is 3. The Balaban J connectivity index is 2.04. The molecule has 0 spiro atoms. The van der Waals surface area contributed by atoms with Gasteiger partial charge in [0.05, 0.1) is 13.2 Å². The van der Waals surface area contributed by atoms with Crippen LogP contribution in [-0.4, -0.2) is 48.1 Å². The number of carbonyl (C=O) groups excluding carboxylic acids is 2. The first-order valence-corrected chi connectivity index (χ1v) is 11.5. The van der Waals surface area contributed by atoms with E-state index < -0.39 is 0 Å². The van der Waals surface area contributed by atoms with Crippen molar-refractivity contribution in [3.63, 3.8) is 0 Å². The van der Waals surface area contributed by atoms with Crippen molar-refractivity contribution in [2.24, 2.45) is 5.92 Å². The largest absolute Gasteiger partial charge is 0.383 e. The van der Waals surface area contributed by atoms with Crippen molar-refractivity contribution in [3.8, 4) is 0 Å². The van der Waals surface area contributed by atoms with Gasteiger partial charge in [0.25, 0.3) is 5.91 Å². The first kappa shape index (κ1) is 24.8. The zero-order valence-corrected chi connectivity index (χ0v) is 20.1. The predicted octanol–water partition coefficient (Wildman–Crippen LogP) is 4.72. The van der Waals surface area contributed by atoms with Gasteiger partial charge in [-0.3, -0.25) is 4.79 Å². The molecule has 2 rings (SSSR count). The van der Waals surface area contributed by atoms with Crippen molar-refractivity contribution >= 4 is 29.0 Å². The van der Waals surface area contributed by atoms with Gasteiger partial charge < -0.3 is 20.3 Å². The molecular weight excluding hydrogens is 412 g/mol. The molecule has 0 aliphatic heterocycles. The first-order chi connectivity index (χ1) is 14.7. The Hall–Kier alpha value is -2.45. The van der Waals surface area contributed by atoms with E-state index in [-0.39, 0.29) is 18.0 Å². The Morgan fingerprint density at radius 2 is 1.81 bits per heavy atom. The molecule has 2 aromatic rings. The molecule has 0 aliphatic carbocycles. The molecule has 7 nitrogen and oxygen atoms in total. The minimum atomic E-state index is -0.232. The maximum atomic E-state index is 12.9. The van der Waals surface area contributed by atoms with E-state index in [1.807, 2.05) is 31.2 Å². The topological polar surface area (TPSA) is 83.6 Å². The third-order valence-corrected chi connectivity index (χ3v) is 5.98. The van der Waals surface area contributed by atoms with Crippen LogP contribution in [0.1, 0.15) is 61.6 Å². The molecule has 0 bridgehead atoms. The van der Waals surface area contributed by atoms with Gasteiger partial charge in [-0.15, -0.1) is 11.3 Å². The Kier molecular flexibility index (Phi) is 9.45. The minimum Gasteiger partial charge on any atom is -0.383 e. The third kappa shape index (κ3) is 7.63. The van der Waals surface area contributed by atoms with E-state index in [1.165, 1.54) is 16.9 Å². The van der Waals surface area contributed by atoms with Crippen LogP contribution in [0.5, 0.6) is 0 Å². The fraction of sp³-hybridized carbons (Fsp3) is 0.522. The van der Waals surface area contributed by atoms with E-state index in [0.29, 0.717) is 42.2 Å². The molecule has 0 radical (unpaired) electrons. The highest BCUT2D eigenvalue weighted by molar-refractivity contribution is 7.09. The van der Waals surface area contributed by atoms with Gasteiger partial charge in [0.2, 0.25) is 0 Å². The molecule has 2 N–H and O–H groups in total. The Bertz CT molecular complexity index is 849. The molecule has 0 saturated carbocycles. The number of benzene rings is 1. The molecule has 1 aromatic carbocycles. The van der Waals surface area contributed by atoms with Crippen LogP contribution in [0.15, 0.2) is 29.6 Å². The van der Waals surface area contributed by atoms with Gasteiger partial charge in [0.1, 0.15) is 10.7 Å². The lowest BCUT2D eigenvalue weighted by atomic mass is 10.0. The monoisotopic (exact) mass is 446 g/mol. The van der Waals surface area contributed by atoms with Crippen LogP contribution in [0.4, 0.5) is 10.5 Å². The van der Waals surface area contributed by atoms with E-state index in [2.05, 4.69) is 43.3 Å². The molecule has 1 aromatic heterocycles. The van der Waals surface area contributed by atoms with Crippen molar-refractivity contribution in [1.29, 1.82) is 0 Å². The van der Waals surface area contributed by atoms with Crippen LogP contribution in [0.2, 0.25) is 0 Å². The lowest BCUT2D eigenvalue weighted by molar-refractivity contribution is 0.0926. The average molecular weight is 447 g/mol. The fourth-order valence-electron chi connectivity index (χ4n) is 2.71. The SMILES string of the molecule is COCCN(Cc1nc(C(=O)NC(C)C(C)C)cs1)C(=O)Nc1ccc(C(C)C)cc1. The van der Waals surface area contributed by atoms with Gasteiger partial charge >= 0.3 is 6.03 Å². The number of aromatic nitrogens is 1. The van der Waals surface area contributed by atoms with Gasteiger partial charge in [0, 0.05) is 30.8 Å². The average Bonchev–Trinajstić information content (AvgIpc) is 3.20. The van der Waals surface area contributed by atoms with E-state index in [9.17, 15) is 9.59 Å². The highest BCUT2D eigenvalue weighted by atomic mass is 32.1. The summed E-state index contributed by atoms with van der Waals surface area (Å²) in [6.07, 6.45) is 0. The smallest absolute Gasteiger partial charge is 0.322 e. The summed E-state index contributed by atoms with van der Waals surface area (Å²) in [5.41, 5.74) is 2.33. The molecular formula is C23H34N4O3S. The summed E-state index contributed by atoms with van der Waals surface area (Å²) in [7, 11) is 1.60. The van der Waals surface area contributed by atoms with Crippen LogP contribution in [0.3, 0.4) is 0 Å². The van der Waals surface area contributed by atoms with Crippen molar-refractivity contribution < 1.29 is 14.3 Å². The lowest BCUT2D eigenvalue weighted by Crippen LogP contribution is -2.37. The normalized spacial score (nSPS) is 12.1. The molecule has 0 fully saturated rings. The number of thiazole rings is 1. The van der Waals surface area contributed by atoms with Crippen LogP contribution >= 0.6 is 11.3 Å². The summed E-state index contributed by atoms with van der Waals surface area (Å²) in [4.78, 5) is 31.3. The zero-order chi connectivity index (χ0) is 23.0. The van der Waals surface area contributed by atoms with Gasteiger partial charge in [-0.05, 0) is 36.5 Å². The van der Waals surface area contributed by atoms with Gasteiger partial charge in [-0.2, -0.15) is 0 Å². The first-order valence-electron chi connectivity index (χ1n) is 10.6. The molecule has 31 heavy (non-hydrogen) atoms. The second-order valence-electron chi connectivity index (χ2n) is 8.25. The number of rotatable bonds is 10. The van der Waals surface area contributed by atoms with Gasteiger partial charge in [0.15, 0.2) is 0 Å². The van der Waals surface area contributed by atoms with Crippen molar-refractivity contribution in [2.45, 2.75) is 53.1 Å². The van der Waals surface area contributed by atoms with Crippen molar-refractivity contribution in [1.82, 2.24) is 15.2 Å². The summed E-state index contributed by atoms with van der Waals surface area (Å²) in [6.45, 7) is 11.5. The van der Waals surface area contributed by atoms with Gasteiger partial charge in [-0.25, -0.2) is 9.78 Å². The van der Waals surface area contributed by atoms with Crippen LogP contribution in [0.25, 0.3) is 0 Å². The molecule has 0 saturated heterocycles. The number of ether oxygens (including phenoxy) is 1. The Labute approximate surface area is 189 Å². The summed E-state index contributed by atoms with van der Waals surface area (Å²) in [6, 6.07) is 7.67. The quantitative estimate of drug-likeness (QED) is 0.553. The molecule has 170 valence electrons. The van der Waals surface area contributed by atoms with E-state index in [4.69, 9.17) is 4.74 Å². The van der Waals surface area contributed by atoms with E-state index in [0.717, 1.165) is 5.69 Å². The number of nitrogens with one attached hydrogen (secondary N) is 2. The maximum absolute atomic E-state index is 12.9. The Morgan fingerprint density at radius 1 is 1.13 bits per heavy atom. The van der Waals surface area contributed by atoms with Crippen LogP contribution in [-0.2, 0) is 11.3 Å². The molecule has 1 unspecified atom stereocenters. The van der Waals surface area contributed by atoms with Crippen LogP contribution < -0.4 is 10.6 Å². The standard InChI is InChI=1S/C23H34N4O3S/c1-15(2)17(5)24-22(28)20-14-31-21(26-20)13-27(11-12-30-6)23(29)25-19-9-7-18(8-10-19)16(3)4/h7-10,14-17H,11-13H2,1-6H3,(H,24,28)(H,25,29). The number of anilines is 1. The number of hydrogen-bond donors (Lipinski definition) is 2. The second-order valence-corrected chi connectivity index (χ2v) is 9.20. The molecule has 1 heterocycles. The molecule has 8 heteroatoms. The lowest BCUT2D eigenvalue weighted by Gasteiger charge is -2.22. The number of nitrogens with zero attached hydrogens (tertiary/aromatic N) is 2. The summed E-state index contributed by atoms with van der Waals surface area (Å²) in [5.74, 6) is 0.578. The predicted molar refractivity (Wildman–Crippen MR) is 126 cm³/mol. The number of carbonyl (C=O) groups is 2. The summed E-state index contributed by atoms with van der Waals surface area (Å²) >= 11 is 1.37. The molecule has 1 atom stereocenters. The minimum absolute atomic E-state index is 0.0590. The second kappa shape index (κ2) is 11.8. The van der Waals surface area contributed by atoms with Crippen molar-refractivity contribution in [3.05, 3.63) is 45.9 Å². The summed E-state index contributed by atoms with van der Waals surface area (Å²) in [5, 5.41) is 8.32.